The molecule has 7 atom stereocenters. The molecule has 1 saturated heterocycles. The third-order valence-corrected chi connectivity index (χ3v) is 10.9. The van der Waals surface area contributed by atoms with E-state index < -0.39 is 90.8 Å². The lowest BCUT2D eigenvalue weighted by molar-refractivity contribution is -0.138. The highest BCUT2D eigenvalue weighted by atomic mass is 16.4. The van der Waals surface area contributed by atoms with Crippen molar-refractivity contribution >= 4 is 47.3 Å². The van der Waals surface area contributed by atoms with Gasteiger partial charge in [-0.15, -0.1) is 0 Å². The number of carboxylic acid groups (broad SMARTS) is 1. The first-order chi connectivity index (χ1) is 30.3. The van der Waals surface area contributed by atoms with Crippen molar-refractivity contribution in [3.05, 3.63) is 29.8 Å². The van der Waals surface area contributed by atoms with Crippen LogP contribution < -0.4 is 48.7 Å². The quantitative estimate of drug-likeness (QED) is 0.0851. The Bertz CT molecular complexity index is 1680. The molecular formula is C44H73N9O11. The topological polar surface area (TPSA) is 333 Å². The molecule has 1 aliphatic heterocycles. The first kappa shape index (κ1) is 54.8. The molecule has 2 rings (SSSR count). The summed E-state index contributed by atoms with van der Waals surface area (Å²) in [5, 5.41) is 48.5. The number of benzene rings is 1. The summed E-state index contributed by atoms with van der Waals surface area (Å²) in [6, 6.07) is 1.53. The molecule has 1 aromatic rings. The van der Waals surface area contributed by atoms with Gasteiger partial charge in [-0.25, -0.2) is 0 Å². The third-order valence-electron chi connectivity index (χ3n) is 10.9. The van der Waals surface area contributed by atoms with E-state index in [0.717, 1.165) is 5.56 Å². The van der Waals surface area contributed by atoms with E-state index in [1.165, 1.54) is 0 Å². The minimum atomic E-state index is -1.21. The van der Waals surface area contributed by atoms with E-state index in [1.807, 2.05) is 13.8 Å². The average Bonchev–Trinajstić information content (AvgIpc) is 3.18. The summed E-state index contributed by atoms with van der Waals surface area (Å²) in [6.07, 6.45) is 0.873. The number of hydrogen-bond donors (Lipinski definition) is 12. The maximum atomic E-state index is 13.6. The number of hydrogen-bond acceptors (Lipinski definition) is 12. The van der Waals surface area contributed by atoms with Gasteiger partial charge >= 0.3 is 5.97 Å². The number of nitrogens with two attached hydrogens (primary N) is 2. The van der Waals surface area contributed by atoms with E-state index in [9.17, 15) is 53.7 Å². The van der Waals surface area contributed by atoms with Crippen LogP contribution in [0.25, 0.3) is 0 Å². The normalized spacial score (nSPS) is 21.3. The van der Waals surface area contributed by atoms with Gasteiger partial charge in [-0.2, -0.15) is 0 Å². The summed E-state index contributed by atoms with van der Waals surface area (Å²) in [5.74, 6) is -4.77. The summed E-state index contributed by atoms with van der Waals surface area (Å²) in [5.41, 5.74) is 12.8. The molecule has 1 aliphatic rings. The monoisotopic (exact) mass is 904 g/mol. The van der Waals surface area contributed by atoms with Crippen LogP contribution in [0, 0.1) is 11.8 Å². The molecule has 20 nitrogen and oxygen atoms in total. The Morgan fingerprint density at radius 3 is 2.03 bits per heavy atom. The largest absolute Gasteiger partial charge is 0.508 e. The number of phenolic OH excluding ortho intramolecular Hbond substituents is 1. The summed E-state index contributed by atoms with van der Waals surface area (Å²) < 4.78 is 0. The summed E-state index contributed by atoms with van der Waals surface area (Å²) in [4.78, 5) is 104. The molecule has 0 saturated carbocycles. The summed E-state index contributed by atoms with van der Waals surface area (Å²) >= 11 is 0. The zero-order chi connectivity index (χ0) is 47.8. The van der Waals surface area contributed by atoms with Crippen molar-refractivity contribution in [3.8, 4) is 5.75 Å². The first-order valence-electron chi connectivity index (χ1n) is 22.4. The van der Waals surface area contributed by atoms with Gasteiger partial charge in [0.05, 0.1) is 19.1 Å². The predicted molar refractivity (Wildman–Crippen MR) is 238 cm³/mol. The van der Waals surface area contributed by atoms with Crippen molar-refractivity contribution in [1.82, 2.24) is 37.2 Å². The Labute approximate surface area is 375 Å². The van der Waals surface area contributed by atoms with Crippen LogP contribution in [0.5, 0.6) is 5.75 Å². The Morgan fingerprint density at radius 1 is 0.781 bits per heavy atom. The van der Waals surface area contributed by atoms with E-state index in [0.29, 0.717) is 45.1 Å². The molecule has 0 unspecified atom stereocenters. The third kappa shape index (κ3) is 23.4. The number of carbonyl (C=O) groups excluding carboxylic acids is 7. The van der Waals surface area contributed by atoms with E-state index in [1.54, 1.807) is 38.1 Å². The Kier molecular flexibility index (Phi) is 25.0. The Morgan fingerprint density at radius 2 is 1.41 bits per heavy atom. The lowest BCUT2D eigenvalue weighted by Gasteiger charge is -2.26. The van der Waals surface area contributed by atoms with Crippen LogP contribution in [0.2, 0.25) is 0 Å². The second-order valence-corrected chi connectivity index (χ2v) is 17.5. The van der Waals surface area contributed by atoms with Gasteiger partial charge in [-0.3, -0.25) is 38.4 Å². The van der Waals surface area contributed by atoms with Crippen molar-refractivity contribution in [2.75, 3.05) is 19.7 Å². The lowest BCUT2D eigenvalue weighted by atomic mass is 9.98. The minimum absolute atomic E-state index is 0.00878. The number of aromatic hydroxyl groups is 1. The molecule has 7 amide bonds. The van der Waals surface area contributed by atoms with Gasteiger partial charge in [0.25, 0.3) is 0 Å². The second kappa shape index (κ2) is 29.2. The molecule has 360 valence electrons. The van der Waals surface area contributed by atoms with Gasteiger partial charge in [0.1, 0.15) is 5.75 Å². The van der Waals surface area contributed by atoms with E-state index in [2.05, 4.69) is 37.2 Å². The van der Waals surface area contributed by atoms with Gasteiger partial charge < -0.3 is 64.0 Å². The van der Waals surface area contributed by atoms with Crippen LogP contribution in [0.1, 0.15) is 117 Å². The number of amides is 7. The molecule has 0 radical (unpaired) electrons. The van der Waals surface area contributed by atoms with Crippen molar-refractivity contribution in [2.45, 2.75) is 160 Å². The first-order valence-corrected chi connectivity index (χ1v) is 22.4. The molecular weight excluding hydrogens is 831 g/mol. The van der Waals surface area contributed by atoms with Crippen molar-refractivity contribution in [3.63, 3.8) is 0 Å². The number of rotatable bonds is 19. The highest BCUT2D eigenvalue weighted by Gasteiger charge is 2.28. The van der Waals surface area contributed by atoms with Crippen LogP contribution in [0.15, 0.2) is 24.3 Å². The number of aliphatic hydroxyl groups is 1. The van der Waals surface area contributed by atoms with E-state index in [4.69, 9.17) is 11.5 Å². The van der Waals surface area contributed by atoms with Crippen molar-refractivity contribution < 1.29 is 53.7 Å². The van der Waals surface area contributed by atoms with Crippen molar-refractivity contribution in [2.24, 2.45) is 23.3 Å². The fraction of sp³-hybridized carbons (Fsp3) is 0.682. The Balaban J connectivity index is 2.13. The Hall–Kier alpha value is -5.34. The average molecular weight is 904 g/mol. The summed E-state index contributed by atoms with van der Waals surface area (Å²) in [7, 11) is 0. The maximum absolute atomic E-state index is 13.6. The number of aliphatic hydroxyl groups excluding tert-OH is 1. The molecule has 1 fully saturated rings. The van der Waals surface area contributed by atoms with E-state index >= 15 is 0 Å². The zero-order valence-corrected chi connectivity index (χ0v) is 37.8. The standard InChI is InChI=1S/C44H73N9O11/c1-26(2)35(52-40(59)19-31(9-7-14-45)48-38(57)17-29(46)16-28-10-12-34(55)13-11-28)23-42(61)49-30-8-5-6-15-47-37(56)20-32(22-44(63)64)50-43(62)24-36(27(3)4)53-41(60)21-33(25-54)51-39(58)18-30/h10-13,26-27,29-33,35-36,54-55H,5-9,14-25,45-46H2,1-4H3,(H,47,56)(H,48,57)(H,49,61)(H,50,62)(H,51,58)(H,52,59)(H,53,60)(H,63,64)/t29-,30-,31-,32-,33+,35+,36+/m0/s1. The number of aliphatic carboxylic acids is 1. The van der Waals surface area contributed by atoms with E-state index in [-0.39, 0.29) is 80.9 Å². The molecule has 0 spiro atoms. The molecule has 14 N–H and O–H groups in total. The van der Waals surface area contributed by atoms with Gasteiger partial charge in [0, 0.05) is 87.7 Å². The molecule has 1 aromatic carbocycles. The number of phenols is 1. The maximum Gasteiger partial charge on any atom is 0.305 e. The predicted octanol–water partition coefficient (Wildman–Crippen LogP) is -0.281. The van der Waals surface area contributed by atoms with Crippen LogP contribution in [-0.2, 0) is 44.8 Å². The van der Waals surface area contributed by atoms with Crippen molar-refractivity contribution in [1.29, 1.82) is 0 Å². The van der Waals surface area contributed by atoms with Gasteiger partial charge in [0.2, 0.25) is 41.4 Å². The molecule has 0 aliphatic carbocycles. The summed E-state index contributed by atoms with van der Waals surface area (Å²) in [6.45, 7) is 7.22. The molecule has 1 heterocycles. The lowest BCUT2D eigenvalue weighted by Crippen LogP contribution is -2.49. The smallest absolute Gasteiger partial charge is 0.305 e. The highest BCUT2D eigenvalue weighted by Crippen LogP contribution is 2.15. The fourth-order valence-electron chi connectivity index (χ4n) is 7.30. The van der Waals surface area contributed by atoms with Crippen LogP contribution >= 0.6 is 0 Å². The number of carboxylic acids is 1. The fourth-order valence-corrected chi connectivity index (χ4v) is 7.30. The minimum Gasteiger partial charge on any atom is -0.508 e. The van der Waals surface area contributed by atoms with Gasteiger partial charge in [-0.1, -0.05) is 39.8 Å². The zero-order valence-electron chi connectivity index (χ0n) is 37.8. The number of carbonyl (C=O) groups is 8. The van der Waals surface area contributed by atoms with Gasteiger partial charge in [-0.05, 0) is 74.6 Å². The van der Waals surface area contributed by atoms with Gasteiger partial charge in [0.15, 0.2) is 0 Å². The number of nitrogens with one attached hydrogen (secondary N) is 7. The van der Waals surface area contributed by atoms with Crippen LogP contribution in [0.4, 0.5) is 0 Å². The molecule has 0 bridgehead atoms. The molecule has 0 aromatic heterocycles. The van der Waals surface area contributed by atoms with Crippen LogP contribution in [0.3, 0.4) is 0 Å². The van der Waals surface area contributed by atoms with Crippen LogP contribution in [-0.4, -0.2) is 125 Å². The molecule has 64 heavy (non-hydrogen) atoms. The molecule has 20 heteroatoms. The highest BCUT2D eigenvalue weighted by molar-refractivity contribution is 5.84. The SMILES string of the molecule is CC(C)[C@H]1CC(=O)N[C@H](CC(=O)O)CC(=O)NCCCC[C@H](NC(=O)C[C@@H](NC(=O)C[C@H](CCCN)NC(=O)C[C@@H](N)Cc2ccc(O)cc2)C(C)C)CC(=O)N[C@@H](CO)CC(=O)N1. The second-order valence-electron chi connectivity index (χ2n) is 17.5.